The van der Waals surface area contributed by atoms with Crippen molar-refractivity contribution in [2.24, 2.45) is 5.92 Å². The molecule has 0 aliphatic heterocycles. The van der Waals surface area contributed by atoms with Gasteiger partial charge in [0.1, 0.15) is 0 Å². The normalized spacial score (nSPS) is 17.1. The second kappa shape index (κ2) is 5.96. The molecule has 17 heavy (non-hydrogen) atoms. The number of hydrogen-bond acceptors (Lipinski definition) is 4. The van der Waals surface area contributed by atoms with Crippen LogP contribution in [0.25, 0.3) is 0 Å². The zero-order chi connectivity index (χ0) is 12.1. The van der Waals surface area contributed by atoms with Crippen molar-refractivity contribution >= 4 is 5.95 Å². The van der Waals surface area contributed by atoms with Gasteiger partial charge in [0, 0.05) is 31.5 Å². The number of aromatic nitrogens is 2. The molecule has 0 atom stereocenters. The van der Waals surface area contributed by atoms with Crippen LogP contribution in [0.4, 0.5) is 5.95 Å². The Morgan fingerprint density at radius 1 is 1.24 bits per heavy atom. The zero-order valence-corrected chi connectivity index (χ0v) is 10.5. The molecule has 1 aromatic heterocycles. The molecule has 1 aromatic rings. The van der Waals surface area contributed by atoms with Crippen molar-refractivity contribution in [3.05, 3.63) is 18.0 Å². The van der Waals surface area contributed by atoms with Crippen LogP contribution in [0, 0.1) is 5.92 Å². The third-order valence-corrected chi connectivity index (χ3v) is 3.47. The van der Waals surface area contributed by atoms with Crippen LogP contribution in [0.1, 0.15) is 37.7 Å². The van der Waals surface area contributed by atoms with Gasteiger partial charge in [-0.25, -0.2) is 9.97 Å². The lowest BCUT2D eigenvalue weighted by Gasteiger charge is -2.26. The molecule has 1 aliphatic rings. The van der Waals surface area contributed by atoms with Crippen LogP contribution >= 0.6 is 0 Å². The summed E-state index contributed by atoms with van der Waals surface area (Å²) in [6.07, 6.45) is 10.2. The van der Waals surface area contributed by atoms with Gasteiger partial charge >= 0.3 is 0 Å². The van der Waals surface area contributed by atoms with Crippen molar-refractivity contribution in [3.63, 3.8) is 0 Å². The molecular weight excluding hydrogens is 214 g/mol. The summed E-state index contributed by atoms with van der Waals surface area (Å²) in [4.78, 5) is 10.7. The van der Waals surface area contributed by atoms with Crippen molar-refractivity contribution in [3.8, 4) is 0 Å². The fourth-order valence-electron chi connectivity index (χ4n) is 2.47. The van der Waals surface area contributed by atoms with E-state index in [4.69, 9.17) is 5.11 Å². The molecule has 4 nitrogen and oxygen atoms in total. The van der Waals surface area contributed by atoms with E-state index in [9.17, 15) is 0 Å². The fraction of sp³-hybridized carbons (Fsp3) is 0.692. The lowest BCUT2D eigenvalue weighted by molar-refractivity contribution is 0.281. The second-order valence-electron chi connectivity index (χ2n) is 4.93. The predicted octanol–water partition coefficient (Wildman–Crippen LogP) is 1.99. The van der Waals surface area contributed by atoms with Gasteiger partial charge < -0.3 is 10.0 Å². The Hall–Kier alpha value is -1.16. The van der Waals surface area contributed by atoms with Gasteiger partial charge in [-0.1, -0.05) is 19.3 Å². The molecule has 1 saturated carbocycles. The van der Waals surface area contributed by atoms with Gasteiger partial charge in [0.25, 0.3) is 0 Å². The van der Waals surface area contributed by atoms with Crippen molar-refractivity contribution < 1.29 is 5.11 Å². The lowest BCUT2D eigenvalue weighted by Crippen LogP contribution is -2.28. The minimum absolute atomic E-state index is 0.00657. The largest absolute Gasteiger partial charge is 0.392 e. The van der Waals surface area contributed by atoms with Crippen molar-refractivity contribution in [1.29, 1.82) is 0 Å². The van der Waals surface area contributed by atoms with Gasteiger partial charge in [0.2, 0.25) is 5.95 Å². The second-order valence-corrected chi connectivity index (χ2v) is 4.93. The first-order valence-corrected chi connectivity index (χ1v) is 6.42. The predicted molar refractivity (Wildman–Crippen MR) is 67.8 cm³/mol. The highest BCUT2D eigenvalue weighted by molar-refractivity contribution is 5.28. The first-order valence-electron chi connectivity index (χ1n) is 6.42. The van der Waals surface area contributed by atoms with Gasteiger partial charge in [0.15, 0.2) is 0 Å². The Bertz CT molecular complexity index is 333. The quantitative estimate of drug-likeness (QED) is 0.867. The molecule has 0 radical (unpaired) electrons. The molecule has 2 rings (SSSR count). The Morgan fingerprint density at radius 3 is 2.47 bits per heavy atom. The molecule has 1 heterocycles. The summed E-state index contributed by atoms with van der Waals surface area (Å²) in [5.41, 5.74) is 0.764. The topological polar surface area (TPSA) is 49.2 Å². The molecule has 0 aromatic carbocycles. The van der Waals surface area contributed by atoms with Gasteiger partial charge in [-0.15, -0.1) is 0 Å². The van der Waals surface area contributed by atoms with Crippen LogP contribution in [0.15, 0.2) is 12.4 Å². The summed E-state index contributed by atoms with van der Waals surface area (Å²) in [6, 6.07) is 0. The van der Waals surface area contributed by atoms with Crippen molar-refractivity contribution in [2.45, 2.75) is 38.7 Å². The van der Waals surface area contributed by atoms with Crippen LogP contribution in [-0.4, -0.2) is 28.7 Å². The highest BCUT2D eigenvalue weighted by Gasteiger charge is 2.16. The summed E-state index contributed by atoms with van der Waals surface area (Å²) in [7, 11) is 2.04. The Kier molecular flexibility index (Phi) is 4.31. The minimum atomic E-state index is 0.00657. The van der Waals surface area contributed by atoms with E-state index in [1.54, 1.807) is 12.4 Å². The van der Waals surface area contributed by atoms with E-state index in [1.165, 1.54) is 32.1 Å². The Morgan fingerprint density at radius 2 is 1.88 bits per heavy atom. The highest BCUT2D eigenvalue weighted by Crippen LogP contribution is 2.24. The van der Waals surface area contributed by atoms with E-state index >= 15 is 0 Å². The van der Waals surface area contributed by atoms with E-state index in [0.29, 0.717) is 0 Å². The first kappa shape index (κ1) is 12.3. The summed E-state index contributed by atoms with van der Waals surface area (Å²) in [5, 5.41) is 8.93. The molecule has 4 heteroatoms. The summed E-state index contributed by atoms with van der Waals surface area (Å²) < 4.78 is 0. The number of nitrogens with zero attached hydrogens (tertiary/aromatic N) is 3. The molecule has 0 spiro atoms. The van der Waals surface area contributed by atoms with Crippen molar-refractivity contribution in [1.82, 2.24) is 9.97 Å². The minimum Gasteiger partial charge on any atom is -0.392 e. The van der Waals surface area contributed by atoms with Crippen LogP contribution in [0.3, 0.4) is 0 Å². The van der Waals surface area contributed by atoms with Gasteiger partial charge in [0.05, 0.1) is 6.61 Å². The Balaban J connectivity index is 1.91. The average Bonchev–Trinajstić information content (AvgIpc) is 2.40. The number of anilines is 1. The molecule has 0 bridgehead atoms. The van der Waals surface area contributed by atoms with Crippen LogP contribution in [-0.2, 0) is 6.61 Å². The van der Waals surface area contributed by atoms with Crippen LogP contribution in [0.2, 0.25) is 0 Å². The number of aliphatic hydroxyl groups is 1. The zero-order valence-electron chi connectivity index (χ0n) is 10.5. The van der Waals surface area contributed by atoms with E-state index in [-0.39, 0.29) is 6.61 Å². The monoisotopic (exact) mass is 235 g/mol. The molecule has 0 saturated heterocycles. The maximum absolute atomic E-state index is 8.93. The lowest BCUT2D eigenvalue weighted by atomic mass is 9.89. The van der Waals surface area contributed by atoms with Crippen LogP contribution < -0.4 is 4.90 Å². The van der Waals surface area contributed by atoms with Crippen LogP contribution in [0.5, 0.6) is 0 Å². The Labute approximate surface area is 103 Å². The first-order chi connectivity index (χ1) is 8.29. The molecule has 0 unspecified atom stereocenters. The molecule has 1 aliphatic carbocycles. The third kappa shape index (κ3) is 3.40. The number of hydrogen-bond donors (Lipinski definition) is 1. The molecule has 0 amide bonds. The standard InChI is InChI=1S/C13H21N3O/c1-16(9-11-5-3-2-4-6-11)13-14-7-12(10-17)8-15-13/h7-8,11,17H,2-6,9-10H2,1H3. The smallest absolute Gasteiger partial charge is 0.225 e. The SMILES string of the molecule is CN(CC1CCCCC1)c1ncc(CO)cn1. The van der Waals surface area contributed by atoms with E-state index < -0.39 is 0 Å². The van der Waals surface area contributed by atoms with Gasteiger partial charge in [-0.2, -0.15) is 0 Å². The molecule has 94 valence electrons. The van der Waals surface area contributed by atoms with Gasteiger partial charge in [-0.3, -0.25) is 0 Å². The maximum atomic E-state index is 8.93. The molecular formula is C13H21N3O. The summed E-state index contributed by atoms with van der Waals surface area (Å²) in [6.45, 7) is 1.05. The van der Waals surface area contributed by atoms with Crippen molar-refractivity contribution in [2.75, 3.05) is 18.5 Å². The highest BCUT2D eigenvalue weighted by atomic mass is 16.3. The van der Waals surface area contributed by atoms with E-state index in [1.807, 2.05) is 7.05 Å². The fourth-order valence-corrected chi connectivity index (χ4v) is 2.47. The molecule has 1 N–H and O–H groups in total. The average molecular weight is 235 g/mol. The van der Waals surface area contributed by atoms with Gasteiger partial charge in [-0.05, 0) is 18.8 Å². The number of aliphatic hydroxyl groups excluding tert-OH is 1. The summed E-state index contributed by atoms with van der Waals surface area (Å²) in [5.74, 6) is 1.54. The third-order valence-electron chi connectivity index (χ3n) is 3.47. The molecule has 1 fully saturated rings. The maximum Gasteiger partial charge on any atom is 0.225 e. The van der Waals surface area contributed by atoms with E-state index in [2.05, 4.69) is 14.9 Å². The summed E-state index contributed by atoms with van der Waals surface area (Å²) >= 11 is 0. The number of rotatable bonds is 4. The van der Waals surface area contributed by atoms with E-state index in [0.717, 1.165) is 24.0 Å².